The van der Waals surface area contributed by atoms with Crippen LogP contribution in [0.4, 0.5) is 11.5 Å². The zero-order valence-electron chi connectivity index (χ0n) is 10.8. The van der Waals surface area contributed by atoms with Crippen LogP contribution in [0.25, 0.3) is 0 Å². The zero-order valence-corrected chi connectivity index (χ0v) is 11.6. The first-order valence-electron chi connectivity index (χ1n) is 5.99. The van der Waals surface area contributed by atoms with E-state index in [2.05, 4.69) is 9.97 Å². The maximum Gasteiger partial charge on any atom is 0.332 e. The Bertz CT molecular complexity index is 489. The van der Waals surface area contributed by atoms with Crippen molar-refractivity contribution in [1.29, 1.82) is 0 Å². The molecule has 2 rings (SSSR count). The number of aromatic nitrogens is 2. The van der Waals surface area contributed by atoms with Crippen molar-refractivity contribution in [3.8, 4) is 0 Å². The standard InChI is InChI=1S/C11H15ClN4O3/c1-7-9(16(17)18)10(14-11(12)13-7)15-5-3-8(19-2)4-6-15/h8H,3-6H2,1-2H3. The number of ether oxygens (including phenoxy) is 1. The molecule has 7 nitrogen and oxygen atoms in total. The van der Waals surface area contributed by atoms with Crippen LogP contribution in [0.1, 0.15) is 18.5 Å². The Morgan fingerprint density at radius 2 is 2.05 bits per heavy atom. The molecule has 0 atom stereocenters. The molecule has 0 radical (unpaired) electrons. The Morgan fingerprint density at radius 1 is 1.42 bits per heavy atom. The monoisotopic (exact) mass is 286 g/mol. The predicted octanol–water partition coefficient (Wildman–Crippen LogP) is 1.96. The summed E-state index contributed by atoms with van der Waals surface area (Å²) in [7, 11) is 1.68. The maximum absolute atomic E-state index is 11.1. The van der Waals surface area contributed by atoms with Gasteiger partial charge in [0.2, 0.25) is 11.1 Å². The van der Waals surface area contributed by atoms with E-state index in [1.807, 2.05) is 4.90 Å². The first-order valence-corrected chi connectivity index (χ1v) is 6.37. The third-order valence-corrected chi connectivity index (χ3v) is 3.44. The van der Waals surface area contributed by atoms with Gasteiger partial charge in [0.1, 0.15) is 5.69 Å². The number of nitrogens with zero attached hydrogens (tertiary/aromatic N) is 4. The lowest BCUT2D eigenvalue weighted by atomic mass is 10.1. The van der Waals surface area contributed by atoms with Crippen molar-refractivity contribution >= 4 is 23.1 Å². The fourth-order valence-corrected chi connectivity index (χ4v) is 2.46. The molecule has 0 bridgehead atoms. The van der Waals surface area contributed by atoms with E-state index < -0.39 is 4.92 Å². The van der Waals surface area contributed by atoms with Crippen LogP contribution in [-0.2, 0) is 4.74 Å². The van der Waals surface area contributed by atoms with Crippen molar-refractivity contribution in [2.24, 2.45) is 0 Å². The van der Waals surface area contributed by atoms with Crippen molar-refractivity contribution in [2.75, 3.05) is 25.1 Å². The van der Waals surface area contributed by atoms with Gasteiger partial charge in [0, 0.05) is 20.2 Å². The van der Waals surface area contributed by atoms with E-state index in [0.29, 0.717) is 18.9 Å². The summed E-state index contributed by atoms with van der Waals surface area (Å²) in [5.74, 6) is 0.303. The molecular weight excluding hydrogens is 272 g/mol. The highest BCUT2D eigenvalue weighted by atomic mass is 35.5. The Morgan fingerprint density at radius 3 is 2.58 bits per heavy atom. The molecule has 1 saturated heterocycles. The van der Waals surface area contributed by atoms with Gasteiger partial charge in [0.05, 0.1) is 11.0 Å². The van der Waals surface area contributed by atoms with Gasteiger partial charge in [-0.2, -0.15) is 4.98 Å². The molecule has 0 aliphatic carbocycles. The van der Waals surface area contributed by atoms with Crippen LogP contribution in [0.5, 0.6) is 0 Å². The number of rotatable bonds is 3. The molecule has 0 N–H and O–H groups in total. The van der Waals surface area contributed by atoms with Gasteiger partial charge in [0.25, 0.3) is 0 Å². The first-order chi connectivity index (χ1) is 9.02. The van der Waals surface area contributed by atoms with E-state index in [1.54, 1.807) is 14.0 Å². The summed E-state index contributed by atoms with van der Waals surface area (Å²) >= 11 is 5.81. The van der Waals surface area contributed by atoms with Gasteiger partial charge in [-0.15, -0.1) is 0 Å². The van der Waals surface area contributed by atoms with E-state index in [1.165, 1.54) is 0 Å². The summed E-state index contributed by atoms with van der Waals surface area (Å²) in [6.45, 7) is 2.88. The zero-order chi connectivity index (χ0) is 14.0. The van der Waals surface area contributed by atoms with Crippen LogP contribution in [-0.4, -0.2) is 41.2 Å². The van der Waals surface area contributed by atoms with Gasteiger partial charge in [-0.05, 0) is 31.4 Å². The van der Waals surface area contributed by atoms with Crippen LogP contribution in [0, 0.1) is 17.0 Å². The van der Waals surface area contributed by atoms with Gasteiger partial charge in [-0.1, -0.05) is 0 Å². The number of halogens is 1. The Hall–Kier alpha value is -1.47. The van der Waals surface area contributed by atoms with Gasteiger partial charge in [0.15, 0.2) is 0 Å². The Balaban J connectivity index is 2.31. The average Bonchev–Trinajstić information content (AvgIpc) is 2.37. The highest BCUT2D eigenvalue weighted by Crippen LogP contribution is 2.31. The summed E-state index contributed by atoms with van der Waals surface area (Å²) in [6, 6.07) is 0. The molecule has 104 valence electrons. The lowest BCUT2D eigenvalue weighted by Crippen LogP contribution is -2.37. The molecular formula is C11H15ClN4O3. The van der Waals surface area contributed by atoms with E-state index in [9.17, 15) is 10.1 Å². The smallest absolute Gasteiger partial charge is 0.332 e. The molecule has 19 heavy (non-hydrogen) atoms. The SMILES string of the molecule is COC1CCN(c2nc(Cl)nc(C)c2[N+](=O)[O-])CC1. The fraction of sp³-hybridized carbons (Fsp3) is 0.636. The van der Waals surface area contributed by atoms with Crippen molar-refractivity contribution < 1.29 is 9.66 Å². The van der Waals surface area contributed by atoms with E-state index in [-0.39, 0.29) is 22.8 Å². The quantitative estimate of drug-likeness (QED) is 0.480. The molecule has 0 unspecified atom stereocenters. The molecule has 1 aromatic heterocycles. The Labute approximate surface area is 115 Å². The van der Waals surface area contributed by atoms with Crippen LogP contribution >= 0.6 is 11.6 Å². The largest absolute Gasteiger partial charge is 0.381 e. The highest BCUT2D eigenvalue weighted by molar-refractivity contribution is 6.28. The summed E-state index contributed by atoms with van der Waals surface area (Å²) in [6.07, 6.45) is 1.83. The average molecular weight is 287 g/mol. The Kier molecular flexibility index (Phi) is 4.16. The number of hydrogen-bond acceptors (Lipinski definition) is 6. The summed E-state index contributed by atoms with van der Waals surface area (Å²) in [4.78, 5) is 20.4. The number of anilines is 1. The van der Waals surface area contributed by atoms with Crippen LogP contribution in [0.15, 0.2) is 0 Å². The van der Waals surface area contributed by atoms with Crippen molar-refractivity contribution in [1.82, 2.24) is 9.97 Å². The molecule has 0 amide bonds. The number of aryl methyl sites for hydroxylation is 1. The molecule has 1 aliphatic heterocycles. The summed E-state index contributed by atoms with van der Waals surface area (Å²) in [5.41, 5.74) is 0.217. The van der Waals surface area contributed by atoms with Crippen LogP contribution in [0.3, 0.4) is 0 Å². The van der Waals surface area contributed by atoms with Crippen molar-refractivity contribution in [3.63, 3.8) is 0 Å². The van der Waals surface area contributed by atoms with Crippen LogP contribution in [0.2, 0.25) is 5.28 Å². The molecule has 0 spiro atoms. The molecule has 2 heterocycles. The minimum atomic E-state index is -0.455. The molecule has 1 aromatic rings. The van der Waals surface area contributed by atoms with Gasteiger partial charge >= 0.3 is 5.69 Å². The van der Waals surface area contributed by atoms with Gasteiger partial charge in [-0.3, -0.25) is 10.1 Å². The molecule has 0 saturated carbocycles. The number of hydrogen-bond donors (Lipinski definition) is 0. The van der Waals surface area contributed by atoms with Gasteiger partial charge < -0.3 is 9.64 Å². The number of piperidine rings is 1. The summed E-state index contributed by atoms with van der Waals surface area (Å²) in [5, 5.41) is 11.2. The third kappa shape index (κ3) is 2.93. The second kappa shape index (κ2) is 5.66. The second-order valence-electron chi connectivity index (χ2n) is 4.43. The molecule has 1 aliphatic rings. The fourth-order valence-electron chi connectivity index (χ4n) is 2.26. The van der Waals surface area contributed by atoms with Crippen LogP contribution < -0.4 is 4.90 Å². The van der Waals surface area contributed by atoms with E-state index in [0.717, 1.165) is 12.8 Å². The minimum absolute atomic E-state index is 0.0342. The van der Waals surface area contributed by atoms with E-state index in [4.69, 9.17) is 16.3 Å². The van der Waals surface area contributed by atoms with Gasteiger partial charge in [-0.25, -0.2) is 4.98 Å². The summed E-state index contributed by atoms with van der Waals surface area (Å²) < 4.78 is 5.28. The van der Waals surface area contributed by atoms with Crippen molar-refractivity contribution in [2.45, 2.75) is 25.9 Å². The minimum Gasteiger partial charge on any atom is -0.381 e. The number of methoxy groups -OCH3 is 1. The highest BCUT2D eigenvalue weighted by Gasteiger charge is 2.29. The topological polar surface area (TPSA) is 81.4 Å². The maximum atomic E-state index is 11.1. The third-order valence-electron chi connectivity index (χ3n) is 3.27. The molecule has 1 fully saturated rings. The van der Waals surface area contributed by atoms with E-state index >= 15 is 0 Å². The lowest BCUT2D eigenvalue weighted by molar-refractivity contribution is -0.385. The normalized spacial score (nSPS) is 16.7. The molecule has 8 heteroatoms. The number of nitro groups is 1. The van der Waals surface area contributed by atoms with Crippen molar-refractivity contribution in [3.05, 3.63) is 21.1 Å². The predicted molar refractivity (Wildman–Crippen MR) is 70.7 cm³/mol. The first kappa shape index (κ1) is 14.0. The lowest BCUT2D eigenvalue weighted by Gasteiger charge is -2.31. The molecule has 0 aromatic carbocycles. The second-order valence-corrected chi connectivity index (χ2v) is 4.77.